The minimum absolute atomic E-state index is 0.00660. The molecule has 4 heterocycles. The van der Waals surface area contributed by atoms with Gasteiger partial charge in [0.1, 0.15) is 30.1 Å². The van der Waals surface area contributed by atoms with Crippen LogP contribution in [0.25, 0.3) is 0 Å². The molecule has 0 unspecified atom stereocenters. The van der Waals surface area contributed by atoms with Crippen LogP contribution in [0.1, 0.15) is 65.7 Å². The number of likely N-dealkylation sites (tertiary alicyclic amines) is 1. The van der Waals surface area contributed by atoms with Gasteiger partial charge in [-0.1, -0.05) is 6.07 Å². The topological polar surface area (TPSA) is 133 Å². The maximum Gasteiger partial charge on any atom is 0.318 e. The lowest BCUT2D eigenvalue weighted by atomic mass is 9.68. The van der Waals surface area contributed by atoms with Gasteiger partial charge in [0, 0.05) is 49.8 Å². The summed E-state index contributed by atoms with van der Waals surface area (Å²) in [5.41, 5.74) is 15.6. The Bertz CT molecular complexity index is 1680. The summed E-state index contributed by atoms with van der Waals surface area (Å²) in [5, 5.41) is 10.1. The van der Waals surface area contributed by atoms with E-state index in [0.717, 1.165) is 17.5 Å². The Morgan fingerprint density at radius 2 is 2.02 bits per heavy atom. The summed E-state index contributed by atoms with van der Waals surface area (Å²) >= 11 is 0. The molecule has 0 radical (unpaired) electrons. The number of alkyl halides is 2. The molecule has 1 saturated heterocycles. The zero-order valence-corrected chi connectivity index (χ0v) is 25.9. The van der Waals surface area contributed by atoms with Crippen molar-refractivity contribution in [2.24, 2.45) is 0 Å². The van der Waals surface area contributed by atoms with Crippen LogP contribution in [0.4, 0.5) is 30.5 Å². The fourth-order valence-corrected chi connectivity index (χ4v) is 7.38. The summed E-state index contributed by atoms with van der Waals surface area (Å²) in [6.45, 7) is 2.06. The molecule has 1 aromatic carbocycles. The van der Waals surface area contributed by atoms with Crippen molar-refractivity contribution in [1.29, 1.82) is 5.26 Å². The number of aromatic nitrogens is 3. The summed E-state index contributed by atoms with van der Waals surface area (Å²) in [5.74, 6) is -2.19. The molecule has 10 nitrogen and oxygen atoms in total. The maximum absolute atomic E-state index is 15.3. The molecule has 45 heavy (non-hydrogen) atoms. The summed E-state index contributed by atoms with van der Waals surface area (Å²) < 4.78 is 49.6. The van der Waals surface area contributed by atoms with E-state index in [2.05, 4.69) is 16.0 Å². The average molecular weight is 622 g/mol. The Morgan fingerprint density at radius 3 is 2.71 bits per heavy atom. The van der Waals surface area contributed by atoms with Gasteiger partial charge in [-0.25, -0.2) is 18.2 Å². The molecule has 0 amide bonds. The number of hydrogen-bond donors (Lipinski definition) is 2. The Hall–Kier alpha value is -4.15. The quantitative estimate of drug-likeness (QED) is 0.386. The third-order valence-corrected chi connectivity index (χ3v) is 9.92. The number of rotatable bonds is 6. The zero-order valence-electron chi connectivity index (χ0n) is 25.9. The highest BCUT2D eigenvalue weighted by Crippen LogP contribution is 2.50. The minimum Gasteiger partial charge on any atom is -0.462 e. The van der Waals surface area contributed by atoms with Gasteiger partial charge in [-0.3, -0.25) is 9.80 Å². The van der Waals surface area contributed by atoms with Crippen molar-refractivity contribution in [3.05, 3.63) is 63.7 Å². The van der Waals surface area contributed by atoms with Crippen LogP contribution in [-0.4, -0.2) is 71.0 Å². The normalized spacial score (nSPS) is 23.3. The highest BCUT2D eigenvalue weighted by Gasteiger charge is 2.48. The predicted octanol–water partition coefficient (Wildman–Crippen LogP) is 4.18. The van der Waals surface area contributed by atoms with Crippen molar-refractivity contribution >= 4 is 17.3 Å². The molecule has 6 rings (SSSR count). The third kappa shape index (κ3) is 5.29. The lowest BCUT2D eigenvalue weighted by molar-refractivity contribution is 0.0136. The van der Waals surface area contributed by atoms with E-state index in [4.69, 9.17) is 26.2 Å². The van der Waals surface area contributed by atoms with Gasteiger partial charge in [0.05, 0.1) is 35.1 Å². The summed E-state index contributed by atoms with van der Waals surface area (Å²) in [4.78, 5) is 19.6. The second-order valence-electron chi connectivity index (χ2n) is 12.7. The molecule has 3 aliphatic rings. The van der Waals surface area contributed by atoms with Gasteiger partial charge in [0.25, 0.3) is 5.92 Å². The van der Waals surface area contributed by atoms with Gasteiger partial charge in [-0.2, -0.15) is 15.2 Å². The number of hydrogen-bond acceptors (Lipinski definition) is 10. The van der Waals surface area contributed by atoms with Gasteiger partial charge in [0.2, 0.25) is 0 Å². The maximum atomic E-state index is 15.3. The predicted molar refractivity (Wildman–Crippen MR) is 164 cm³/mol. The van der Waals surface area contributed by atoms with Crippen molar-refractivity contribution in [3.63, 3.8) is 0 Å². The molecular formula is C32H38F3N9O. The molecule has 1 spiro atoms. The molecule has 0 saturated carbocycles. The second kappa shape index (κ2) is 11.3. The van der Waals surface area contributed by atoms with Crippen molar-refractivity contribution in [2.75, 3.05) is 50.7 Å². The summed E-state index contributed by atoms with van der Waals surface area (Å²) in [6, 6.07) is 6.55. The van der Waals surface area contributed by atoms with Crippen molar-refractivity contribution in [2.45, 2.75) is 69.1 Å². The number of fused-ring (bicyclic) bond motifs is 3. The Labute approximate surface area is 260 Å². The van der Waals surface area contributed by atoms with Crippen LogP contribution in [0.3, 0.4) is 0 Å². The average Bonchev–Trinajstić information content (AvgIpc) is 3.27. The van der Waals surface area contributed by atoms with Gasteiger partial charge >= 0.3 is 6.01 Å². The largest absolute Gasteiger partial charge is 0.462 e. The van der Waals surface area contributed by atoms with Crippen LogP contribution in [0.2, 0.25) is 0 Å². The van der Waals surface area contributed by atoms with Gasteiger partial charge < -0.3 is 21.1 Å². The van der Waals surface area contributed by atoms with Crippen LogP contribution >= 0.6 is 0 Å². The number of benzene rings is 1. The van der Waals surface area contributed by atoms with Crippen molar-refractivity contribution < 1.29 is 17.9 Å². The number of nitriles is 1. The number of nitrogens with two attached hydrogens (primary N) is 2. The van der Waals surface area contributed by atoms with E-state index in [9.17, 15) is 14.0 Å². The molecular weight excluding hydrogens is 583 g/mol. The first-order valence-corrected chi connectivity index (χ1v) is 15.1. The van der Waals surface area contributed by atoms with E-state index in [-0.39, 0.29) is 42.9 Å². The van der Waals surface area contributed by atoms with E-state index >= 15 is 4.39 Å². The number of anilines is 3. The van der Waals surface area contributed by atoms with E-state index in [1.807, 2.05) is 38.1 Å². The molecule has 4 N–H and O–H groups in total. The smallest absolute Gasteiger partial charge is 0.318 e. The third-order valence-electron chi connectivity index (χ3n) is 9.92. The Kier molecular flexibility index (Phi) is 7.77. The first kappa shape index (κ1) is 30.9. The monoisotopic (exact) mass is 621 g/mol. The number of pyridine rings is 1. The van der Waals surface area contributed by atoms with Gasteiger partial charge in [-0.05, 0) is 63.5 Å². The molecule has 2 aromatic heterocycles. The molecule has 0 bridgehead atoms. The fraction of sp³-hybridized carbons (Fsp3) is 0.500. The first-order valence-electron chi connectivity index (χ1n) is 15.1. The standard InChI is InChI=1S/C32H38F3N9O/c1-18(20-8-6-10-39-28(20)38)44(4)29-23-15-43(3)31(9-5-7-21-24(33)11-25(37)22(14-36)27(21)31)13-26(23)40-30(41-29)45-16-19-12-32(34,35)17-42(19)2/h6,8,10-11,18-19H,5,7,9,12-13,15-17,37H2,1-4H3,(H2,38,39)/t18-,19+,31+/m1/s1. The molecule has 1 aliphatic carbocycles. The summed E-state index contributed by atoms with van der Waals surface area (Å²) in [6.07, 6.45) is 3.58. The summed E-state index contributed by atoms with van der Waals surface area (Å²) in [7, 11) is 5.52. The number of ether oxygens (including phenoxy) is 1. The Morgan fingerprint density at radius 1 is 1.24 bits per heavy atom. The van der Waals surface area contributed by atoms with Crippen LogP contribution in [0.15, 0.2) is 24.4 Å². The van der Waals surface area contributed by atoms with Crippen LogP contribution in [0, 0.1) is 17.1 Å². The van der Waals surface area contributed by atoms with Crippen LogP contribution < -0.4 is 21.1 Å². The number of likely N-dealkylation sites (N-methyl/N-ethyl adjacent to an activating group) is 2. The number of nitrogens with zero attached hydrogens (tertiary/aromatic N) is 7. The zero-order chi connectivity index (χ0) is 32.3. The van der Waals surface area contributed by atoms with E-state index in [1.165, 1.54) is 6.07 Å². The molecule has 3 atom stereocenters. The molecule has 3 aromatic rings. The first-order chi connectivity index (χ1) is 21.3. The Balaban J connectivity index is 1.45. The van der Waals surface area contributed by atoms with Crippen LogP contribution in [-0.2, 0) is 24.9 Å². The molecule has 2 aliphatic heterocycles. The van der Waals surface area contributed by atoms with E-state index < -0.39 is 23.3 Å². The highest BCUT2D eigenvalue weighted by atomic mass is 19.3. The lowest BCUT2D eigenvalue weighted by Gasteiger charge is -2.50. The molecule has 1 fully saturated rings. The highest BCUT2D eigenvalue weighted by molar-refractivity contribution is 5.64. The van der Waals surface area contributed by atoms with Gasteiger partial charge in [-0.15, -0.1) is 0 Å². The van der Waals surface area contributed by atoms with Crippen molar-refractivity contribution in [3.8, 4) is 12.1 Å². The molecule has 13 heteroatoms. The van der Waals surface area contributed by atoms with E-state index in [1.54, 1.807) is 18.1 Å². The number of halogens is 3. The minimum atomic E-state index is -2.79. The fourth-order valence-electron chi connectivity index (χ4n) is 7.38. The second-order valence-corrected chi connectivity index (χ2v) is 12.7. The van der Waals surface area contributed by atoms with E-state index in [0.29, 0.717) is 54.3 Å². The SMILES string of the molecule is C[C@H](c1cccnc1N)N(C)c1nc(OC[C@@H]2CC(F)(F)CN2C)nc2c1CN(C)[C@@]1(CCCc3c(F)cc(N)c(C#N)c31)C2. The van der Waals surface area contributed by atoms with Gasteiger partial charge in [0.15, 0.2) is 0 Å². The molecule has 238 valence electrons. The van der Waals surface area contributed by atoms with Crippen molar-refractivity contribution in [1.82, 2.24) is 24.8 Å². The lowest BCUT2D eigenvalue weighted by Crippen LogP contribution is -2.51. The van der Waals surface area contributed by atoms with Crippen LogP contribution in [0.5, 0.6) is 6.01 Å². The number of nitrogen functional groups attached to an aromatic ring is 2.